The number of aromatic nitrogens is 1. The minimum absolute atomic E-state index is 0.0417. The average molecular weight is 275 g/mol. The molecule has 0 bridgehead atoms. The summed E-state index contributed by atoms with van der Waals surface area (Å²) in [6, 6.07) is 6.36. The fourth-order valence-electron chi connectivity index (χ4n) is 1.88. The van der Waals surface area contributed by atoms with Gasteiger partial charge in [-0.2, -0.15) is 0 Å². The van der Waals surface area contributed by atoms with Crippen LogP contribution in [0.4, 0.5) is 5.69 Å². The van der Waals surface area contributed by atoms with E-state index >= 15 is 0 Å². The monoisotopic (exact) mass is 275 g/mol. The van der Waals surface area contributed by atoms with E-state index in [0.29, 0.717) is 23.8 Å². The van der Waals surface area contributed by atoms with Crippen molar-refractivity contribution in [2.75, 3.05) is 6.54 Å². The van der Waals surface area contributed by atoms with Crippen LogP contribution in [0.3, 0.4) is 0 Å². The van der Waals surface area contributed by atoms with Crippen molar-refractivity contribution in [3.05, 3.63) is 46.1 Å². The van der Waals surface area contributed by atoms with E-state index in [0.717, 1.165) is 12.1 Å². The van der Waals surface area contributed by atoms with E-state index in [1.54, 1.807) is 18.3 Å². The van der Waals surface area contributed by atoms with Gasteiger partial charge in [0.05, 0.1) is 11.1 Å². The first-order chi connectivity index (χ1) is 9.58. The molecule has 0 aliphatic heterocycles. The van der Waals surface area contributed by atoms with Crippen molar-refractivity contribution in [3.63, 3.8) is 0 Å². The highest BCUT2D eigenvalue weighted by molar-refractivity contribution is 5.63. The molecule has 6 nitrogen and oxygen atoms in total. The van der Waals surface area contributed by atoms with E-state index in [2.05, 4.69) is 24.3 Å². The largest absolute Gasteiger partial charge is 0.356 e. The van der Waals surface area contributed by atoms with Crippen LogP contribution in [-0.2, 0) is 6.54 Å². The lowest BCUT2D eigenvalue weighted by Gasteiger charge is -2.06. The summed E-state index contributed by atoms with van der Waals surface area (Å²) in [7, 11) is 0. The fourth-order valence-corrected chi connectivity index (χ4v) is 1.88. The Kier molecular flexibility index (Phi) is 4.47. The Bertz CT molecular complexity index is 593. The van der Waals surface area contributed by atoms with Crippen LogP contribution in [0.15, 0.2) is 35.0 Å². The Labute approximate surface area is 116 Å². The van der Waals surface area contributed by atoms with E-state index in [-0.39, 0.29) is 5.69 Å². The number of rotatable bonds is 6. The maximum atomic E-state index is 10.8. The molecule has 0 atom stereocenters. The van der Waals surface area contributed by atoms with Crippen LogP contribution in [0.25, 0.3) is 11.3 Å². The smallest absolute Gasteiger partial charge is 0.270 e. The number of nitro benzene ring substituents is 1. The van der Waals surface area contributed by atoms with Crippen molar-refractivity contribution in [2.24, 2.45) is 5.92 Å². The van der Waals surface area contributed by atoms with Gasteiger partial charge in [0.2, 0.25) is 0 Å². The van der Waals surface area contributed by atoms with Crippen molar-refractivity contribution in [1.82, 2.24) is 10.5 Å². The van der Waals surface area contributed by atoms with Gasteiger partial charge in [0.25, 0.3) is 5.69 Å². The molecule has 0 amide bonds. The summed E-state index contributed by atoms with van der Waals surface area (Å²) < 4.78 is 5.23. The van der Waals surface area contributed by atoms with Gasteiger partial charge in [-0.05, 0) is 12.5 Å². The average Bonchev–Trinajstić information content (AvgIpc) is 2.87. The number of benzene rings is 1. The topological polar surface area (TPSA) is 81.2 Å². The molecule has 6 heteroatoms. The van der Waals surface area contributed by atoms with Gasteiger partial charge in [-0.1, -0.05) is 31.1 Å². The summed E-state index contributed by atoms with van der Waals surface area (Å²) >= 11 is 0. The normalized spacial score (nSPS) is 10.9. The summed E-state index contributed by atoms with van der Waals surface area (Å²) in [5.41, 5.74) is 1.60. The molecule has 0 aliphatic rings. The van der Waals surface area contributed by atoms with E-state index in [9.17, 15) is 10.1 Å². The first-order valence-electron chi connectivity index (χ1n) is 6.47. The lowest BCUT2D eigenvalue weighted by Crippen LogP contribution is -2.18. The van der Waals surface area contributed by atoms with E-state index < -0.39 is 4.92 Å². The molecule has 1 aromatic carbocycles. The SMILES string of the molecule is CC(C)CNCc1cnoc1-c1cccc([N+](=O)[O-])c1. The van der Waals surface area contributed by atoms with Crippen molar-refractivity contribution in [2.45, 2.75) is 20.4 Å². The summed E-state index contributed by atoms with van der Waals surface area (Å²) in [6.45, 7) is 5.77. The minimum atomic E-state index is -0.420. The molecule has 1 N–H and O–H groups in total. The second kappa shape index (κ2) is 6.29. The Morgan fingerprint density at radius 3 is 2.95 bits per heavy atom. The number of nitrogens with one attached hydrogen (secondary N) is 1. The highest BCUT2D eigenvalue weighted by atomic mass is 16.6. The number of nitro groups is 1. The third-order valence-electron chi connectivity index (χ3n) is 2.83. The lowest BCUT2D eigenvalue weighted by molar-refractivity contribution is -0.384. The molecule has 0 saturated heterocycles. The molecule has 0 aliphatic carbocycles. The molecule has 2 aromatic rings. The second-order valence-electron chi connectivity index (χ2n) is 5.01. The second-order valence-corrected chi connectivity index (χ2v) is 5.01. The zero-order valence-corrected chi connectivity index (χ0v) is 11.5. The van der Waals surface area contributed by atoms with Crippen molar-refractivity contribution < 1.29 is 9.45 Å². The van der Waals surface area contributed by atoms with Crippen LogP contribution in [0.1, 0.15) is 19.4 Å². The summed E-state index contributed by atoms with van der Waals surface area (Å²) in [4.78, 5) is 10.4. The maximum absolute atomic E-state index is 10.8. The van der Waals surface area contributed by atoms with E-state index in [1.165, 1.54) is 12.1 Å². The highest BCUT2D eigenvalue weighted by Crippen LogP contribution is 2.26. The lowest BCUT2D eigenvalue weighted by atomic mass is 10.1. The first kappa shape index (κ1) is 14.2. The number of nitrogens with zero attached hydrogens (tertiary/aromatic N) is 2. The highest BCUT2D eigenvalue weighted by Gasteiger charge is 2.14. The van der Waals surface area contributed by atoms with Crippen molar-refractivity contribution >= 4 is 5.69 Å². The molecule has 0 spiro atoms. The van der Waals surface area contributed by atoms with Gasteiger partial charge in [-0.15, -0.1) is 0 Å². The third kappa shape index (κ3) is 3.42. The predicted molar refractivity (Wildman–Crippen MR) is 75.1 cm³/mol. The molecule has 2 rings (SSSR count). The number of hydrogen-bond acceptors (Lipinski definition) is 5. The van der Waals surface area contributed by atoms with E-state index in [4.69, 9.17) is 4.52 Å². The first-order valence-corrected chi connectivity index (χ1v) is 6.47. The molecule has 1 aromatic heterocycles. The van der Waals surface area contributed by atoms with E-state index in [1.807, 2.05) is 0 Å². The number of hydrogen-bond donors (Lipinski definition) is 1. The van der Waals surface area contributed by atoms with Crippen molar-refractivity contribution in [1.29, 1.82) is 0 Å². The Morgan fingerprint density at radius 2 is 2.25 bits per heavy atom. The van der Waals surface area contributed by atoms with Gasteiger partial charge in [-0.25, -0.2) is 0 Å². The summed E-state index contributed by atoms with van der Waals surface area (Å²) in [6.07, 6.45) is 1.64. The zero-order valence-electron chi connectivity index (χ0n) is 11.5. The molecular formula is C14H17N3O3. The maximum Gasteiger partial charge on any atom is 0.270 e. The predicted octanol–water partition coefficient (Wildman–Crippen LogP) is 3.00. The molecule has 0 radical (unpaired) electrons. The Morgan fingerprint density at radius 1 is 1.45 bits per heavy atom. The molecule has 106 valence electrons. The molecule has 0 fully saturated rings. The van der Waals surface area contributed by atoms with Crippen LogP contribution in [-0.4, -0.2) is 16.6 Å². The standard InChI is InChI=1S/C14H17N3O3/c1-10(2)7-15-8-12-9-16-20-14(12)11-4-3-5-13(6-11)17(18)19/h3-6,9-10,15H,7-8H2,1-2H3. The fraction of sp³-hybridized carbons (Fsp3) is 0.357. The van der Waals surface area contributed by atoms with Crippen LogP contribution in [0.5, 0.6) is 0 Å². The zero-order chi connectivity index (χ0) is 14.5. The molecule has 0 saturated carbocycles. The minimum Gasteiger partial charge on any atom is -0.356 e. The Balaban J connectivity index is 2.19. The third-order valence-corrected chi connectivity index (χ3v) is 2.83. The van der Waals surface area contributed by atoms with Crippen LogP contribution in [0.2, 0.25) is 0 Å². The van der Waals surface area contributed by atoms with Crippen LogP contribution >= 0.6 is 0 Å². The van der Waals surface area contributed by atoms with Gasteiger partial charge in [-0.3, -0.25) is 10.1 Å². The van der Waals surface area contributed by atoms with Gasteiger partial charge in [0, 0.05) is 29.8 Å². The molecule has 1 heterocycles. The van der Waals surface area contributed by atoms with Gasteiger partial charge >= 0.3 is 0 Å². The van der Waals surface area contributed by atoms with Crippen molar-refractivity contribution in [3.8, 4) is 11.3 Å². The van der Waals surface area contributed by atoms with Crippen LogP contribution < -0.4 is 5.32 Å². The van der Waals surface area contributed by atoms with Gasteiger partial charge in [0.1, 0.15) is 0 Å². The van der Waals surface area contributed by atoms with Gasteiger partial charge in [0.15, 0.2) is 5.76 Å². The van der Waals surface area contributed by atoms with Crippen LogP contribution in [0, 0.1) is 16.0 Å². The quantitative estimate of drug-likeness (QED) is 0.647. The molecule has 0 unspecified atom stereocenters. The molecular weight excluding hydrogens is 258 g/mol. The number of non-ortho nitro benzene ring substituents is 1. The Hall–Kier alpha value is -2.21. The summed E-state index contributed by atoms with van der Waals surface area (Å²) in [5, 5.41) is 17.9. The molecule has 20 heavy (non-hydrogen) atoms. The summed E-state index contributed by atoms with van der Waals surface area (Å²) in [5.74, 6) is 1.13. The van der Waals surface area contributed by atoms with Gasteiger partial charge < -0.3 is 9.84 Å².